The Kier molecular flexibility index (Phi) is 5.86. The number of hydrogen-bond donors (Lipinski definition) is 0. The van der Waals surface area contributed by atoms with Crippen LogP contribution in [0.4, 0.5) is 0 Å². The van der Waals surface area contributed by atoms with Gasteiger partial charge in [-0.15, -0.1) is 0 Å². The first-order valence-corrected chi connectivity index (χ1v) is 3.71. The Morgan fingerprint density at radius 3 is 1.25 bits per heavy atom. The minimum absolute atomic E-state index is 1.03. The monoisotopic (exact) mass is 446 g/mol. The van der Waals surface area contributed by atoms with Crippen LogP contribution in [-0.2, 0) is 0 Å². The summed E-state index contributed by atoms with van der Waals surface area (Å²) in [6, 6.07) is 0. The van der Waals surface area contributed by atoms with Crippen molar-refractivity contribution in [1.29, 1.82) is 0 Å². The molecule has 0 spiro atoms. The van der Waals surface area contributed by atoms with Gasteiger partial charge in [0, 0.05) is 0 Å². The number of nitrogens with zero attached hydrogens (tertiary/aromatic N) is 2. The molecule has 0 N–H and O–H groups in total. The second kappa shape index (κ2) is 4.37. The average molecular weight is 446 g/mol. The predicted octanol–water partition coefficient (Wildman–Crippen LogP) is -0.394. The summed E-state index contributed by atoms with van der Waals surface area (Å²) < 4.78 is 7.04. The van der Waals surface area contributed by atoms with Gasteiger partial charge in [-0.25, -0.2) is 0 Å². The zero-order valence-corrected chi connectivity index (χ0v) is 8.74. The molecule has 20 valence electrons. The Morgan fingerprint density at radius 2 is 1.25 bits per heavy atom. The van der Waals surface area contributed by atoms with E-state index < -0.39 is 0 Å². The fraction of sp³-hybridized carbons (Fsp3) is 0. The number of hydrogen-bond acceptors (Lipinski definition) is 2. The number of rotatable bonds is 0. The molecule has 0 unspecified atom stereocenters. The normalized spacial score (nSPS) is 9.50. The van der Waals surface area contributed by atoms with Gasteiger partial charge in [0.2, 0.25) is 0 Å². The van der Waals surface area contributed by atoms with Gasteiger partial charge in [-0.1, -0.05) is 0 Å². The van der Waals surface area contributed by atoms with Crippen molar-refractivity contribution < 1.29 is 0 Å². The van der Waals surface area contributed by atoms with Gasteiger partial charge in [0.1, 0.15) is 0 Å². The molecule has 0 rings (SSSR count). The van der Waals surface area contributed by atoms with Crippen molar-refractivity contribution in [3.05, 3.63) is 0 Å². The summed E-state index contributed by atoms with van der Waals surface area (Å²) in [4.78, 5) is 0. The van der Waals surface area contributed by atoms with Crippen LogP contribution in [0.1, 0.15) is 0 Å². The van der Waals surface area contributed by atoms with Crippen LogP contribution in [0.25, 0.3) is 0 Å². The van der Waals surface area contributed by atoms with E-state index in [2.05, 4.69) is 6.12 Å². The van der Waals surface area contributed by atoms with E-state index in [1.165, 1.54) is 0 Å². The molecule has 0 bridgehead atoms. The standard InChI is InChI=1S/2Bi.N2/c;;1-2/q2*+1;-2. The quantitative estimate of drug-likeness (QED) is 0.358. The van der Waals surface area contributed by atoms with Crippen LogP contribution in [0.2, 0.25) is 0 Å². The van der Waals surface area contributed by atoms with Crippen molar-refractivity contribution in [2.24, 2.45) is 6.12 Å². The second-order valence-electron chi connectivity index (χ2n) is 0.179. The molecular weight excluding hydrogens is 446 g/mol. The van der Waals surface area contributed by atoms with Crippen LogP contribution in [0.3, 0.4) is 0 Å². The van der Waals surface area contributed by atoms with E-state index in [0.29, 0.717) is 0 Å². The Bertz CT molecular complexity index is 19.2. The molecule has 4 radical (unpaired) electrons. The van der Waals surface area contributed by atoms with Crippen molar-refractivity contribution in [2.45, 2.75) is 0 Å². The molecule has 4 heavy (non-hydrogen) atoms. The van der Waals surface area contributed by atoms with Crippen LogP contribution < -0.4 is 0 Å². The summed E-state index contributed by atoms with van der Waals surface area (Å²) in [7, 11) is 0. The first-order valence-electron chi connectivity index (χ1n) is 0.600. The van der Waals surface area contributed by atoms with Gasteiger partial charge >= 0.3 is 56.1 Å². The molecule has 0 amide bonds. The van der Waals surface area contributed by atoms with Gasteiger partial charge in [0.25, 0.3) is 0 Å². The van der Waals surface area contributed by atoms with Crippen molar-refractivity contribution >= 4 is 50.0 Å². The Morgan fingerprint density at radius 1 is 1.00 bits per heavy atom. The molecule has 0 atom stereocenters. The van der Waals surface area contributed by atoms with Crippen LogP contribution in [0.15, 0.2) is 6.12 Å². The summed E-state index contributed by atoms with van der Waals surface area (Å²) in [5, 5.41) is 0. The summed E-state index contributed by atoms with van der Waals surface area (Å²) in [6.45, 7) is 0. The molecule has 0 saturated carbocycles. The van der Waals surface area contributed by atoms with Crippen molar-refractivity contribution in [3.8, 4) is 0 Å². The van der Waals surface area contributed by atoms with Gasteiger partial charge in [0.05, 0.1) is 0 Å². The average Bonchev–Trinajstić information content (AvgIpc) is 1.37. The summed E-state index contributed by atoms with van der Waals surface area (Å²) in [6.07, 6.45) is 0. The van der Waals surface area contributed by atoms with E-state index in [0.717, 1.165) is 50.0 Å². The molecule has 0 fully saturated rings. The summed E-state index contributed by atoms with van der Waals surface area (Å²) >= 11 is 2.07. The van der Waals surface area contributed by atoms with Gasteiger partial charge < -0.3 is 0 Å². The fourth-order valence-electron chi connectivity index (χ4n) is 0. The molecule has 2 nitrogen and oxygen atoms in total. The molecule has 0 aromatic heterocycles. The third-order valence-electron chi connectivity index (χ3n) is 0.0400. The van der Waals surface area contributed by atoms with Gasteiger partial charge in [-0.05, 0) is 0 Å². The van der Waals surface area contributed by atoms with Crippen LogP contribution in [-0.4, -0.2) is 50.0 Å². The zero-order valence-electron chi connectivity index (χ0n) is 1.79. The molecule has 0 aromatic rings. The van der Waals surface area contributed by atoms with E-state index in [9.17, 15) is 0 Å². The fourth-order valence-corrected chi connectivity index (χ4v) is 0. The summed E-state index contributed by atoms with van der Waals surface area (Å²) in [5.41, 5.74) is 0. The van der Waals surface area contributed by atoms with Crippen molar-refractivity contribution in [2.75, 3.05) is 0 Å². The molecule has 4 heteroatoms. The summed E-state index contributed by atoms with van der Waals surface area (Å²) in [5.74, 6) is 0. The van der Waals surface area contributed by atoms with E-state index in [-0.39, 0.29) is 0 Å². The van der Waals surface area contributed by atoms with E-state index in [4.69, 9.17) is 0 Å². The SMILES string of the molecule is [Bi][N]=[N][Bi]. The molecule has 0 aliphatic heterocycles. The molecule has 0 saturated heterocycles. The molecular formula is Bi2N2. The Labute approximate surface area is 55.6 Å². The molecule has 0 aliphatic rings. The van der Waals surface area contributed by atoms with Gasteiger partial charge in [0.15, 0.2) is 0 Å². The van der Waals surface area contributed by atoms with Crippen LogP contribution in [0.5, 0.6) is 0 Å². The molecule has 0 heterocycles. The van der Waals surface area contributed by atoms with Gasteiger partial charge in [-0.2, -0.15) is 0 Å². The Hall–Kier alpha value is 1.37. The minimum atomic E-state index is 1.03. The first kappa shape index (κ1) is 5.37. The van der Waals surface area contributed by atoms with E-state index in [1.807, 2.05) is 0 Å². The Balaban J connectivity index is 2.55. The van der Waals surface area contributed by atoms with Crippen molar-refractivity contribution in [3.63, 3.8) is 0 Å². The van der Waals surface area contributed by atoms with Crippen LogP contribution >= 0.6 is 0 Å². The predicted molar refractivity (Wildman–Crippen MR) is 16.4 cm³/mol. The van der Waals surface area contributed by atoms with Crippen molar-refractivity contribution in [1.82, 2.24) is 0 Å². The van der Waals surface area contributed by atoms with E-state index >= 15 is 0 Å². The first-order chi connectivity index (χ1) is 1.91. The maximum absolute atomic E-state index is 3.52. The maximum atomic E-state index is 3.52. The third-order valence-corrected chi connectivity index (χ3v) is 3.08. The zero-order chi connectivity index (χ0) is 3.41. The topological polar surface area (TPSA) is 24.7 Å². The molecule has 0 aromatic carbocycles. The third kappa shape index (κ3) is 3.37. The molecule has 0 aliphatic carbocycles. The van der Waals surface area contributed by atoms with Gasteiger partial charge in [-0.3, -0.25) is 0 Å². The van der Waals surface area contributed by atoms with Crippen LogP contribution in [0, 0.1) is 0 Å². The van der Waals surface area contributed by atoms with E-state index in [1.54, 1.807) is 0 Å². The second-order valence-corrected chi connectivity index (χ2v) is 1.57.